The van der Waals surface area contributed by atoms with Gasteiger partial charge in [-0.2, -0.15) is 5.10 Å². The molecule has 1 aliphatic rings. The number of likely N-dealkylation sites (tertiary alicyclic amines) is 1. The monoisotopic (exact) mass is 359 g/mol. The van der Waals surface area contributed by atoms with E-state index in [-0.39, 0.29) is 18.0 Å². The third kappa shape index (κ3) is 4.40. The number of aryl methyl sites for hydroxylation is 1. The van der Waals surface area contributed by atoms with Crippen molar-refractivity contribution in [3.8, 4) is 5.75 Å². The molecule has 1 fully saturated rings. The maximum absolute atomic E-state index is 12.3. The van der Waals surface area contributed by atoms with Crippen LogP contribution in [-0.2, 0) is 11.3 Å². The van der Waals surface area contributed by atoms with Crippen LogP contribution in [0.3, 0.4) is 0 Å². The minimum absolute atomic E-state index is 0.0245. The summed E-state index contributed by atoms with van der Waals surface area (Å²) in [6.07, 6.45) is 3.31. The number of aromatic nitrogens is 2. The largest absolute Gasteiger partial charge is 0.486 e. The van der Waals surface area contributed by atoms with Gasteiger partial charge < -0.3 is 19.8 Å². The van der Waals surface area contributed by atoms with Gasteiger partial charge in [0.1, 0.15) is 18.0 Å². The fourth-order valence-electron chi connectivity index (χ4n) is 2.91. The Bertz CT molecular complexity index is 745. The fourth-order valence-corrected chi connectivity index (χ4v) is 2.91. The van der Waals surface area contributed by atoms with E-state index in [1.165, 1.54) is 12.1 Å². The van der Waals surface area contributed by atoms with E-state index in [0.29, 0.717) is 31.7 Å². The Kier molecular flexibility index (Phi) is 5.52. The van der Waals surface area contributed by atoms with E-state index in [1.54, 1.807) is 27.9 Å². The summed E-state index contributed by atoms with van der Waals surface area (Å²) in [6, 6.07) is 7.81. The van der Waals surface area contributed by atoms with Crippen LogP contribution in [0, 0.1) is 0 Å². The average Bonchev–Trinajstić information content (AvgIpc) is 3.26. The van der Waals surface area contributed by atoms with Gasteiger partial charge in [0.2, 0.25) is 5.91 Å². The van der Waals surface area contributed by atoms with E-state index >= 15 is 0 Å². The van der Waals surface area contributed by atoms with Gasteiger partial charge >= 0.3 is 5.97 Å². The molecule has 0 aliphatic carbocycles. The van der Waals surface area contributed by atoms with E-state index in [0.717, 1.165) is 0 Å². The van der Waals surface area contributed by atoms with Crippen LogP contribution < -0.4 is 4.74 Å². The third-order valence-electron chi connectivity index (χ3n) is 4.32. The molecule has 0 bridgehead atoms. The van der Waals surface area contributed by atoms with Crippen LogP contribution in [0.1, 0.15) is 23.2 Å². The van der Waals surface area contributed by atoms with Gasteiger partial charge in [-0.05, 0) is 36.8 Å². The number of carboxylic acid groups (broad SMARTS) is 1. The number of hydrogen-bond donors (Lipinski definition) is 2. The van der Waals surface area contributed by atoms with Crippen molar-refractivity contribution in [1.29, 1.82) is 0 Å². The third-order valence-corrected chi connectivity index (χ3v) is 4.32. The molecule has 2 atom stereocenters. The maximum atomic E-state index is 12.3. The molecule has 138 valence electrons. The summed E-state index contributed by atoms with van der Waals surface area (Å²) < 4.78 is 7.49. The molecular formula is C18H21N3O5. The summed E-state index contributed by atoms with van der Waals surface area (Å²) in [4.78, 5) is 24.8. The number of aromatic carboxylic acids is 1. The highest BCUT2D eigenvalue weighted by Crippen LogP contribution is 2.20. The molecule has 0 saturated carbocycles. The van der Waals surface area contributed by atoms with Gasteiger partial charge in [-0.1, -0.05) is 0 Å². The lowest BCUT2D eigenvalue weighted by Gasteiger charge is -2.17. The second-order valence-electron chi connectivity index (χ2n) is 6.22. The lowest BCUT2D eigenvalue weighted by molar-refractivity contribution is -0.130. The van der Waals surface area contributed by atoms with Crippen molar-refractivity contribution in [2.75, 3.05) is 13.1 Å². The zero-order chi connectivity index (χ0) is 18.5. The van der Waals surface area contributed by atoms with E-state index in [9.17, 15) is 14.7 Å². The van der Waals surface area contributed by atoms with Crippen molar-refractivity contribution in [2.45, 2.75) is 31.6 Å². The van der Waals surface area contributed by atoms with Crippen LogP contribution in [0.2, 0.25) is 0 Å². The number of carbonyl (C=O) groups is 2. The zero-order valence-corrected chi connectivity index (χ0v) is 14.2. The summed E-state index contributed by atoms with van der Waals surface area (Å²) in [6.45, 7) is 1.21. The summed E-state index contributed by atoms with van der Waals surface area (Å²) >= 11 is 0. The lowest BCUT2D eigenvalue weighted by Crippen LogP contribution is -2.31. The molecule has 1 aromatic carbocycles. The SMILES string of the molecule is O=C(O)c1ccc(O[C@@H]2CN(C(=O)CCCn3cccn3)C[C@H]2O)cc1. The number of hydrogen-bond acceptors (Lipinski definition) is 5. The number of carboxylic acids is 1. The molecule has 2 N–H and O–H groups in total. The topological polar surface area (TPSA) is 105 Å². The molecule has 1 amide bonds. The Labute approximate surface area is 150 Å². The summed E-state index contributed by atoms with van der Waals surface area (Å²) in [5.74, 6) is -0.570. The molecule has 1 saturated heterocycles. The first-order valence-corrected chi connectivity index (χ1v) is 8.46. The second kappa shape index (κ2) is 8.01. The lowest BCUT2D eigenvalue weighted by atomic mass is 10.2. The zero-order valence-electron chi connectivity index (χ0n) is 14.2. The molecule has 8 nitrogen and oxygen atoms in total. The molecular weight excluding hydrogens is 338 g/mol. The predicted octanol–water partition coefficient (Wildman–Crippen LogP) is 1.01. The number of rotatable bonds is 7. The highest BCUT2D eigenvalue weighted by atomic mass is 16.5. The minimum atomic E-state index is -1.01. The number of ether oxygens (including phenoxy) is 1. The molecule has 26 heavy (non-hydrogen) atoms. The first-order valence-electron chi connectivity index (χ1n) is 8.46. The molecule has 8 heteroatoms. The van der Waals surface area contributed by atoms with E-state index in [1.807, 2.05) is 12.3 Å². The summed E-state index contributed by atoms with van der Waals surface area (Å²) in [5.41, 5.74) is 0.165. The number of amides is 1. The molecule has 3 rings (SSSR count). The van der Waals surface area contributed by atoms with Gasteiger partial charge in [0.05, 0.1) is 18.7 Å². The van der Waals surface area contributed by atoms with Crippen LogP contribution >= 0.6 is 0 Å². The highest BCUT2D eigenvalue weighted by molar-refractivity contribution is 5.87. The fraction of sp³-hybridized carbons (Fsp3) is 0.389. The standard InChI is InChI=1S/C18H21N3O5/c22-15-11-20(17(23)3-1-9-21-10-2-8-19-21)12-16(15)26-14-6-4-13(5-7-14)18(24)25/h2,4-8,10,15-16,22H,1,3,9,11-12H2,(H,24,25)/t15-,16-/m1/s1. The quantitative estimate of drug-likeness (QED) is 0.764. The molecule has 0 radical (unpaired) electrons. The van der Waals surface area contributed by atoms with Crippen LogP contribution in [0.15, 0.2) is 42.7 Å². The van der Waals surface area contributed by atoms with Gasteiger partial charge in [0.15, 0.2) is 0 Å². The van der Waals surface area contributed by atoms with Crippen molar-refractivity contribution < 1.29 is 24.5 Å². The van der Waals surface area contributed by atoms with Gasteiger partial charge in [-0.15, -0.1) is 0 Å². The maximum Gasteiger partial charge on any atom is 0.335 e. The predicted molar refractivity (Wildman–Crippen MR) is 91.9 cm³/mol. The Morgan fingerprint density at radius 3 is 2.65 bits per heavy atom. The summed E-state index contributed by atoms with van der Waals surface area (Å²) in [5, 5.41) is 23.2. The van der Waals surface area contributed by atoms with Crippen LogP contribution in [0.4, 0.5) is 0 Å². The van der Waals surface area contributed by atoms with Crippen LogP contribution in [-0.4, -0.2) is 62.1 Å². The number of carbonyl (C=O) groups excluding carboxylic acids is 1. The van der Waals surface area contributed by atoms with Crippen molar-refractivity contribution in [3.05, 3.63) is 48.3 Å². The number of aliphatic hydroxyl groups is 1. The Morgan fingerprint density at radius 1 is 1.23 bits per heavy atom. The first-order chi connectivity index (χ1) is 12.5. The first kappa shape index (κ1) is 17.9. The van der Waals surface area contributed by atoms with E-state index < -0.39 is 18.2 Å². The molecule has 2 heterocycles. The van der Waals surface area contributed by atoms with Crippen LogP contribution in [0.25, 0.3) is 0 Å². The Balaban J connectivity index is 1.48. The molecule has 1 aliphatic heterocycles. The van der Waals surface area contributed by atoms with Gasteiger partial charge in [0.25, 0.3) is 0 Å². The molecule has 0 spiro atoms. The highest BCUT2D eigenvalue weighted by Gasteiger charge is 2.35. The van der Waals surface area contributed by atoms with E-state index in [2.05, 4.69) is 5.10 Å². The van der Waals surface area contributed by atoms with Crippen molar-refractivity contribution >= 4 is 11.9 Å². The number of aliphatic hydroxyl groups excluding tert-OH is 1. The van der Waals surface area contributed by atoms with Gasteiger partial charge in [-0.25, -0.2) is 4.79 Å². The Morgan fingerprint density at radius 2 is 2.00 bits per heavy atom. The Hall–Kier alpha value is -2.87. The minimum Gasteiger partial charge on any atom is -0.486 e. The van der Waals surface area contributed by atoms with Gasteiger partial charge in [0, 0.05) is 25.4 Å². The second-order valence-corrected chi connectivity index (χ2v) is 6.22. The molecule has 2 aromatic rings. The van der Waals surface area contributed by atoms with E-state index in [4.69, 9.17) is 9.84 Å². The summed E-state index contributed by atoms with van der Waals surface area (Å²) in [7, 11) is 0. The average molecular weight is 359 g/mol. The normalized spacial score (nSPS) is 19.5. The smallest absolute Gasteiger partial charge is 0.335 e. The van der Waals surface area contributed by atoms with Crippen LogP contribution in [0.5, 0.6) is 5.75 Å². The number of nitrogens with zero attached hydrogens (tertiary/aromatic N) is 3. The van der Waals surface area contributed by atoms with Crippen molar-refractivity contribution in [3.63, 3.8) is 0 Å². The molecule has 0 unspecified atom stereocenters. The van der Waals surface area contributed by atoms with Crippen molar-refractivity contribution in [2.24, 2.45) is 0 Å². The number of β-amino-alcohol motifs (C(OH)–C–C–N with tert-alkyl or cyclic N) is 1. The van der Waals surface area contributed by atoms with Gasteiger partial charge in [-0.3, -0.25) is 9.48 Å². The molecule has 1 aromatic heterocycles. The number of benzene rings is 1. The van der Waals surface area contributed by atoms with Crippen molar-refractivity contribution in [1.82, 2.24) is 14.7 Å².